The monoisotopic (exact) mass is 1000 g/mol. The lowest BCUT2D eigenvalue weighted by Gasteiger charge is -2.36. The van der Waals surface area contributed by atoms with Crippen molar-refractivity contribution in [3.8, 4) is 89.0 Å². The van der Waals surface area contributed by atoms with Gasteiger partial charge in [0.05, 0.1) is 22.3 Å². The quantitative estimate of drug-likeness (QED) is 0.112. The van der Waals surface area contributed by atoms with Crippen LogP contribution in [0.3, 0.4) is 0 Å². The number of fused-ring (bicyclic) bond motifs is 6. The summed E-state index contributed by atoms with van der Waals surface area (Å²) in [5.74, 6) is -2.15. The summed E-state index contributed by atoms with van der Waals surface area (Å²) in [5.41, 5.74) is 14.0. The maximum atomic E-state index is 16.2. The van der Waals surface area contributed by atoms with Gasteiger partial charge in [-0.2, -0.15) is 0 Å². The molecule has 0 bridgehead atoms. The van der Waals surface area contributed by atoms with E-state index in [1.165, 1.54) is 9.80 Å². The van der Waals surface area contributed by atoms with E-state index in [2.05, 4.69) is 48.5 Å². The molecule has 2 heterocycles. The van der Waals surface area contributed by atoms with Gasteiger partial charge in [0.2, 0.25) is 0 Å². The third-order valence-corrected chi connectivity index (χ3v) is 15.8. The van der Waals surface area contributed by atoms with Crippen LogP contribution in [0.5, 0.6) is 0 Å². The number of hydrogen-bond acceptors (Lipinski definition) is 4. The number of rotatable bonds is 8. The van der Waals surface area contributed by atoms with Crippen LogP contribution in [-0.2, 0) is 0 Å². The highest BCUT2D eigenvalue weighted by molar-refractivity contribution is 6.47. The van der Waals surface area contributed by atoms with Crippen LogP contribution in [-0.4, -0.2) is 47.5 Å². The molecular formula is C72H46N2O4. The number of nitrogens with zero attached hydrogens (tertiary/aromatic N) is 2. The molecule has 0 radical (unpaired) electrons. The summed E-state index contributed by atoms with van der Waals surface area (Å²) in [5, 5.41) is 2.63. The van der Waals surface area contributed by atoms with E-state index in [1.54, 1.807) is 14.1 Å². The fraction of sp³-hybridized carbons (Fsp3) is 0.0278. The lowest BCUT2D eigenvalue weighted by molar-refractivity contribution is 0.0633. The Bertz CT molecular complexity index is 3900. The molecule has 0 atom stereocenters. The Balaban J connectivity index is 1.40. The summed E-state index contributed by atoms with van der Waals surface area (Å²) in [6.45, 7) is 0. The predicted molar refractivity (Wildman–Crippen MR) is 315 cm³/mol. The van der Waals surface area contributed by atoms with E-state index in [0.29, 0.717) is 21.5 Å². The smallest absolute Gasteiger partial charge is 0.261 e. The van der Waals surface area contributed by atoms with E-state index in [-0.39, 0.29) is 33.0 Å². The van der Waals surface area contributed by atoms with Crippen LogP contribution < -0.4 is 0 Å². The van der Waals surface area contributed by atoms with Crippen molar-refractivity contribution in [3.63, 3.8) is 0 Å². The van der Waals surface area contributed by atoms with Crippen LogP contribution >= 0.6 is 0 Å². The Morgan fingerprint density at radius 1 is 0.179 bits per heavy atom. The number of imide groups is 2. The second-order valence-electron chi connectivity index (χ2n) is 20.0. The van der Waals surface area contributed by atoms with Crippen LogP contribution in [0.25, 0.3) is 121 Å². The zero-order valence-corrected chi connectivity index (χ0v) is 42.6. The number of carbonyl (C=O) groups is 4. The SMILES string of the molecule is CN1C(=O)c2c3c(-c4ccccc4)c(-c4ccccc4)c(-c4ccccc4)c(-c4ccccc4)c3c3c4c(c5c(-c6ccccc6)c(-c6ccccc6)c(-c6ccccc6)c(-c6ccccc6)c5c(c24)C1=O)C(=O)N(C)C3=O. The van der Waals surface area contributed by atoms with Gasteiger partial charge in [-0.3, -0.25) is 29.0 Å². The Kier molecular flexibility index (Phi) is 10.8. The maximum absolute atomic E-state index is 16.2. The molecule has 12 aromatic rings. The highest BCUT2D eigenvalue weighted by atomic mass is 16.2. The van der Waals surface area contributed by atoms with E-state index in [0.717, 1.165) is 89.0 Å². The van der Waals surface area contributed by atoms with Gasteiger partial charge in [-0.05, 0) is 89.0 Å². The summed E-state index contributed by atoms with van der Waals surface area (Å²) >= 11 is 0. The zero-order valence-electron chi connectivity index (χ0n) is 42.6. The molecule has 14 rings (SSSR count). The number of amides is 4. The fourth-order valence-corrected chi connectivity index (χ4v) is 12.6. The maximum Gasteiger partial charge on any atom is 0.261 e. The standard InChI is InChI=1S/C72H46N2O4/c1-73-69(75)65-59-55(47-35-19-7-20-36-47)51(43-27-11-3-12-28-43)53(45-31-15-5-16-32-45)57(49-39-23-9-24-40-49)61(59)67-64-63(65)66(70(73)76)60-56(48-37-21-8-22-38-48)52(44-29-13-4-14-30-44)54(46-33-17-6-18-34-46)58(50-41-25-10-26-42-50)62(60)68(64)72(78)74(2)71(67)77/h3-42H,1-2H3. The van der Waals surface area contributed by atoms with Gasteiger partial charge in [-0.1, -0.05) is 243 Å². The highest BCUT2D eigenvalue weighted by Crippen LogP contribution is 2.60. The third kappa shape index (κ3) is 6.76. The fourth-order valence-electron chi connectivity index (χ4n) is 12.6. The number of hydrogen-bond donors (Lipinski definition) is 0. The van der Waals surface area contributed by atoms with Gasteiger partial charge in [0.25, 0.3) is 23.6 Å². The zero-order chi connectivity index (χ0) is 52.8. The van der Waals surface area contributed by atoms with Crippen molar-refractivity contribution >= 4 is 55.9 Å². The molecule has 4 amide bonds. The normalized spacial score (nSPS) is 13.1. The minimum Gasteiger partial charge on any atom is -0.277 e. The molecule has 2 aliphatic heterocycles. The Morgan fingerprint density at radius 3 is 0.462 bits per heavy atom. The molecule has 0 spiro atoms. The van der Waals surface area contributed by atoms with Gasteiger partial charge in [-0.25, -0.2) is 0 Å². The predicted octanol–water partition coefficient (Wildman–Crippen LogP) is 16.9. The summed E-state index contributed by atoms with van der Waals surface area (Å²) < 4.78 is 0. The molecular weight excluding hydrogens is 957 g/mol. The summed E-state index contributed by atoms with van der Waals surface area (Å²) in [6, 6.07) is 80.9. The number of carbonyl (C=O) groups excluding carboxylic acids is 4. The van der Waals surface area contributed by atoms with Gasteiger partial charge >= 0.3 is 0 Å². The third-order valence-electron chi connectivity index (χ3n) is 15.8. The topological polar surface area (TPSA) is 74.8 Å². The lowest BCUT2D eigenvalue weighted by Crippen LogP contribution is -2.41. The summed E-state index contributed by atoms with van der Waals surface area (Å²) in [4.78, 5) is 67.5. The molecule has 2 aliphatic rings. The lowest BCUT2D eigenvalue weighted by atomic mass is 9.70. The molecule has 0 fully saturated rings. The van der Waals surface area contributed by atoms with Gasteiger partial charge in [0.15, 0.2) is 0 Å². The van der Waals surface area contributed by atoms with Crippen molar-refractivity contribution in [3.05, 3.63) is 265 Å². The molecule has 0 unspecified atom stereocenters. The average molecular weight is 1000 g/mol. The van der Waals surface area contributed by atoms with Gasteiger partial charge in [-0.15, -0.1) is 0 Å². The van der Waals surface area contributed by atoms with Crippen molar-refractivity contribution in [2.75, 3.05) is 14.1 Å². The molecule has 6 heteroatoms. The van der Waals surface area contributed by atoms with Crippen molar-refractivity contribution in [2.24, 2.45) is 0 Å². The first-order valence-corrected chi connectivity index (χ1v) is 26.1. The van der Waals surface area contributed by atoms with Crippen LogP contribution in [0, 0.1) is 0 Å². The first-order chi connectivity index (χ1) is 38.3. The molecule has 0 aromatic heterocycles. The largest absolute Gasteiger partial charge is 0.277 e. The second-order valence-corrected chi connectivity index (χ2v) is 20.0. The molecule has 368 valence electrons. The summed E-state index contributed by atoms with van der Waals surface area (Å²) in [7, 11) is 3.12. The van der Waals surface area contributed by atoms with Crippen LogP contribution in [0.2, 0.25) is 0 Å². The Morgan fingerprint density at radius 2 is 0.308 bits per heavy atom. The van der Waals surface area contributed by atoms with Gasteiger partial charge in [0, 0.05) is 46.4 Å². The molecule has 78 heavy (non-hydrogen) atoms. The Labute approximate surface area is 450 Å². The molecule has 6 nitrogen and oxygen atoms in total. The minimum absolute atomic E-state index is 0.246. The Hall–Kier alpha value is -10.3. The van der Waals surface area contributed by atoms with E-state index < -0.39 is 23.6 Å². The minimum atomic E-state index is -0.537. The van der Waals surface area contributed by atoms with Crippen LogP contribution in [0.4, 0.5) is 0 Å². The molecule has 0 aliphatic carbocycles. The van der Waals surface area contributed by atoms with Gasteiger partial charge < -0.3 is 0 Å². The summed E-state index contributed by atoms with van der Waals surface area (Å²) in [6.07, 6.45) is 0. The van der Waals surface area contributed by atoms with E-state index >= 15 is 19.2 Å². The van der Waals surface area contributed by atoms with Crippen LogP contribution in [0.1, 0.15) is 41.4 Å². The number of benzene rings is 12. The van der Waals surface area contributed by atoms with Crippen molar-refractivity contribution in [1.82, 2.24) is 9.80 Å². The van der Waals surface area contributed by atoms with E-state index in [1.807, 2.05) is 194 Å². The van der Waals surface area contributed by atoms with Crippen molar-refractivity contribution in [2.45, 2.75) is 0 Å². The van der Waals surface area contributed by atoms with Crippen molar-refractivity contribution in [1.29, 1.82) is 0 Å². The van der Waals surface area contributed by atoms with E-state index in [9.17, 15) is 0 Å². The first kappa shape index (κ1) is 46.2. The van der Waals surface area contributed by atoms with Gasteiger partial charge in [0.1, 0.15) is 0 Å². The molecule has 0 N–H and O–H groups in total. The molecule has 12 aromatic carbocycles. The van der Waals surface area contributed by atoms with Crippen molar-refractivity contribution < 1.29 is 19.2 Å². The van der Waals surface area contributed by atoms with E-state index in [4.69, 9.17) is 0 Å². The van der Waals surface area contributed by atoms with Crippen LogP contribution in [0.15, 0.2) is 243 Å². The first-order valence-electron chi connectivity index (χ1n) is 26.1. The molecule has 0 saturated carbocycles. The molecule has 0 saturated heterocycles. The average Bonchev–Trinajstić information content (AvgIpc) is 3.17. The second kappa shape index (κ2) is 18.2. The highest BCUT2D eigenvalue weighted by Gasteiger charge is 2.46.